The monoisotopic (exact) mass is 381 g/mol. The Morgan fingerprint density at radius 3 is 2.19 bits per heavy atom. The maximum atomic E-state index is 13.1. The standard InChI is InChI=1S/C14H9F6N3O3/c1-7-4-8(2-3-9(7)23(25)26)10(6-24)22-12(14(18,19)20)5-11(21-22)13(15,16)17/h2-6,10H,1H3. The molecule has 6 nitrogen and oxygen atoms in total. The Kier molecular flexibility index (Phi) is 4.79. The molecule has 0 amide bonds. The van der Waals surface area contributed by atoms with E-state index >= 15 is 0 Å². The van der Waals surface area contributed by atoms with E-state index < -0.39 is 34.7 Å². The van der Waals surface area contributed by atoms with E-state index in [0.717, 1.165) is 18.2 Å². The molecule has 2 aromatic rings. The number of hydrogen-bond donors (Lipinski definition) is 0. The first-order valence-electron chi connectivity index (χ1n) is 6.80. The highest BCUT2D eigenvalue weighted by Crippen LogP contribution is 2.37. The molecule has 0 aliphatic rings. The predicted octanol–water partition coefficient (Wildman–Crippen LogP) is 3.93. The number of carbonyl (C=O) groups excluding carboxylic acids is 1. The Balaban J connectivity index is 2.64. The van der Waals surface area contributed by atoms with Crippen LogP contribution >= 0.6 is 0 Å². The summed E-state index contributed by atoms with van der Waals surface area (Å²) in [7, 11) is 0. The molecule has 0 spiro atoms. The van der Waals surface area contributed by atoms with Crippen LogP contribution in [-0.4, -0.2) is 21.0 Å². The van der Waals surface area contributed by atoms with Gasteiger partial charge in [0.25, 0.3) is 5.69 Å². The van der Waals surface area contributed by atoms with E-state index in [9.17, 15) is 41.3 Å². The fraction of sp³-hybridized carbons (Fsp3) is 0.286. The molecule has 1 unspecified atom stereocenters. The summed E-state index contributed by atoms with van der Waals surface area (Å²) in [4.78, 5) is 21.4. The number of benzene rings is 1. The smallest absolute Gasteiger partial charge is 0.301 e. The lowest BCUT2D eigenvalue weighted by Crippen LogP contribution is -2.21. The van der Waals surface area contributed by atoms with Crippen LogP contribution in [-0.2, 0) is 17.1 Å². The molecule has 1 aromatic carbocycles. The van der Waals surface area contributed by atoms with Gasteiger partial charge >= 0.3 is 12.4 Å². The van der Waals surface area contributed by atoms with E-state index in [2.05, 4.69) is 5.10 Å². The van der Waals surface area contributed by atoms with E-state index in [1.165, 1.54) is 6.92 Å². The van der Waals surface area contributed by atoms with Crippen LogP contribution in [0.5, 0.6) is 0 Å². The number of nitrogens with zero attached hydrogens (tertiary/aromatic N) is 3. The Morgan fingerprint density at radius 2 is 1.77 bits per heavy atom. The van der Waals surface area contributed by atoms with E-state index in [0.29, 0.717) is 0 Å². The zero-order valence-corrected chi connectivity index (χ0v) is 12.8. The van der Waals surface area contributed by atoms with Crippen LogP contribution in [0, 0.1) is 17.0 Å². The Morgan fingerprint density at radius 1 is 1.15 bits per heavy atom. The van der Waals surface area contributed by atoms with Crippen molar-refractivity contribution in [3.63, 3.8) is 0 Å². The van der Waals surface area contributed by atoms with Crippen LogP contribution < -0.4 is 0 Å². The number of rotatable bonds is 4. The normalized spacial score (nSPS) is 13.5. The highest BCUT2D eigenvalue weighted by atomic mass is 19.4. The van der Waals surface area contributed by atoms with E-state index in [4.69, 9.17) is 0 Å². The largest absolute Gasteiger partial charge is 0.435 e. The minimum absolute atomic E-state index is 0.0242. The van der Waals surface area contributed by atoms with Crippen molar-refractivity contribution in [3.05, 3.63) is 56.9 Å². The highest BCUT2D eigenvalue weighted by Gasteiger charge is 2.43. The number of hydrogen-bond acceptors (Lipinski definition) is 4. The molecule has 1 atom stereocenters. The molecule has 0 radical (unpaired) electrons. The molecule has 0 N–H and O–H groups in total. The second kappa shape index (κ2) is 6.42. The maximum absolute atomic E-state index is 13.1. The predicted molar refractivity (Wildman–Crippen MR) is 74.3 cm³/mol. The molecule has 1 aromatic heterocycles. The molecule has 2 rings (SSSR count). The van der Waals surface area contributed by atoms with Crippen molar-refractivity contribution in [2.75, 3.05) is 0 Å². The molecule has 12 heteroatoms. The summed E-state index contributed by atoms with van der Waals surface area (Å²) in [6.07, 6.45) is -10.4. The second-order valence-electron chi connectivity index (χ2n) is 5.24. The highest BCUT2D eigenvalue weighted by molar-refractivity contribution is 5.63. The SMILES string of the molecule is Cc1cc(C(C=O)n2nc(C(F)(F)F)cc2C(F)(F)F)ccc1[N+](=O)[O-]. The quantitative estimate of drug-likeness (QED) is 0.348. The van der Waals surface area contributed by atoms with Gasteiger partial charge in [0, 0.05) is 17.7 Å². The van der Waals surface area contributed by atoms with Crippen molar-refractivity contribution in [3.8, 4) is 0 Å². The van der Waals surface area contributed by atoms with Crippen molar-refractivity contribution in [1.82, 2.24) is 9.78 Å². The summed E-state index contributed by atoms with van der Waals surface area (Å²) in [6.45, 7) is 1.28. The third-order valence-electron chi connectivity index (χ3n) is 3.47. The van der Waals surface area contributed by atoms with Gasteiger partial charge in [-0.25, -0.2) is 4.68 Å². The van der Waals surface area contributed by atoms with Gasteiger partial charge in [0.2, 0.25) is 0 Å². The van der Waals surface area contributed by atoms with Gasteiger partial charge in [0.1, 0.15) is 18.0 Å². The second-order valence-corrected chi connectivity index (χ2v) is 5.24. The van der Waals surface area contributed by atoms with E-state index in [1.807, 2.05) is 0 Å². The lowest BCUT2D eigenvalue weighted by Gasteiger charge is -2.17. The van der Waals surface area contributed by atoms with Crippen molar-refractivity contribution >= 4 is 12.0 Å². The van der Waals surface area contributed by atoms with Gasteiger partial charge in [0.05, 0.1) is 4.92 Å². The third-order valence-corrected chi connectivity index (χ3v) is 3.47. The number of halogens is 6. The molecule has 0 aliphatic heterocycles. The number of aldehydes is 1. The minimum Gasteiger partial charge on any atom is -0.301 e. The van der Waals surface area contributed by atoms with Crippen LogP contribution in [0.15, 0.2) is 24.3 Å². The molecule has 140 valence electrons. The first kappa shape index (κ1) is 19.4. The fourth-order valence-corrected chi connectivity index (χ4v) is 2.30. The summed E-state index contributed by atoms with van der Waals surface area (Å²) < 4.78 is 77.4. The zero-order valence-electron chi connectivity index (χ0n) is 12.8. The molecule has 0 fully saturated rings. The molecular weight excluding hydrogens is 372 g/mol. The number of nitro benzene ring substituents is 1. The van der Waals surface area contributed by atoms with Gasteiger partial charge in [-0.1, -0.05) is 0 Å². The van der Waals surface area contributed by atoms with Gasteiger partial charge in [-0.05, 0) is 24.6 Å². The van der Waals surface area contributed by atoms with Crippen molar-refractivity contribution in [1.29, 1.82) is 0 Å². The summed E-state index contributed by atoms with van der Waals surface area (Å²) in [5.41, 5.74) is -4.08. The molecule has 0 saturated heterocycles. The maximum Gasteiger partial charge on any atom is 0.435 e. The first-order valence-corrected chi connectivity index (χ1v) is 6.80. The summed E-state index contributed by atoms with van der Waals surface area (Å²) >= 11 is 0. The van der Waals surface area contributed by atoms with Crippen molar-refractivity contribution in [2.45, 2.75) is 25.3 Å². The van der Waals surface area contributed by atoms with Gasteiger partial charge in [-0.3, -0.25) is 10.1 Å². The average molecular weight is 381 g/mol. The van der Waals surface area contributed by atoms with E-state index in [1.54, 1.807) is 0 Å². The number of alkyl halides is 6. The summed E-state index contributed by atoms with van der Waals surface area (Å²) in [6, 6.07) is 0.936. The van der Waals surface area contributed by atoms with Crippen LogP contribution in [0.25, 0.3) is 0 Å². The van der Waals surface area contributed by atoms with Crippen LogP contribution in [0.2, 0.25) is 0 Å². The third kappa shape index (κ3) is 3.68. The van der Waals surface area contributed by atoms with E-state index in [-0.39, 0.29) is 33.8 Å². The van der Waals surface area contributed by atoms with Gasteiger partial charge < -0.3 is 4.79 Å². The Bertz CT molecular complexity index is 857. The fourth-order valence-electron chi connectivity index (χ4n) is 2.30. The molecule has 0 aliphatic carbocycles. The van der Waals surface area contributed by atoms with Gasteiger partial charge in [-0.15, -0.1) is 0 Å². The van der Waals surface area contributed by atoms with Crippen LogP contribution in [0.4, 0.5) is 32.0 Å². The van der Waals surface area contributed by atoms with Crippen LogP contribution in [0.1, 0.15) is 28.6 Å². The first-order chi connectivity index (χ1) is 11.9. The lowest BCUT2D eigenvalue weighted by molar-refractivity contribution is -0.385. The van der Waals surface area contributed by atoms with Crippen LogP contribution in [0.3, 0.4) is 0 Å². The zero-order chi connectivity index (χ0) is 19.9. The number of aromatic nitrogens is 2. The Hall–Kier alpha value is -2.92. The molecule has 26 heavy (non-hydrogen) atoms. The van der Waals surface area contributed by atoms with Crippen molar-refractivity contribution < 1.29 is 36.1 Å². The molecule has 0 bridgehead atoms. The summed E-state index contributed by atoms with van der Waals surface area (Å²) in [5.74, 6) is 0. The number of aryl methyl sites for hydroxylation is 1. The molecular formula is C14H9F6N3O3. The number of carbonyl (C=O) groups is 1. The van der Waals surface area contributed by atoms with Gasteiger partial charge in [-0.2, -0.15) is 31.4 Å². The lowest BCUT2D eigenvalue weighted by atomic mass is 10.0. The molecule has 1 heterocycles. The molecule has 0 saturated carbocycles. The summed E-state index contributed by atoms with van der Waals surface area (Å²) in [5, 5.41) is 13.7. The Labute approximate surface area is 141 Å². The number of nitro groups is 1. The van der Waals surface area contributed by atoms with Gasteiger partial charge in [0.15, 0.2) is 5.69 Å². The van der Waals surface area contributed by atoms with Crippen molar-refractivity contribution in [2.24, 2.45) is 0 Å². The average Bonchev–Trinajstić information content (AvgIpc) is 2.93. The minimum atomic E-state index is -5.20. The topological polar surface area (TPSA) is 78.0 Å².